The van der Waals surface area contributed by atoms with Gasteiger partial charge >= 0.3 is 5.97 Å². The monoisotopic (exact) mass is 258 g/mol. The van der Waals surface area contributed by atoms with Gasteiger partial charge in [-0.3, -0.25) is 4.79 Å². The van der Waals surface area contributed by atoms with Crippen LogP contribution in [0.1, 0.15) is 39.5 Å². The number of esters is 1. The van der Waals surface area contributed by atoms with Crippen LogP contribution in [-0.2, 0) is 4.79 Å². The molecule has 2 rings (SSSR count). The van der Waals surface area contributed by atoms with Crippen LogP contribution in [0.4, 0.5) is 0 Å². The molecule has 2 unspecified atom stereocenters. The molecule has 0 heterocycles. The van der Waals surface area contributed by atoms with Crippen molar-refractivity contribution in [2.75, 3.05) is 0 Å². The highest BCUT2D eigenvalue weighted by molar-refractivity contribution is 5.77. The van der Waals surface area contributed by atoms with E-state index in [1.165, 1.54) is 18.4 Å². The Labute approximate surface area is 115 Å². The quantitative estimate of drug-likeness (QED) is 0.455. The molecule has 0 bridgehead atoms. The molecular weight excluding hydrogens is 236 g/mol. The molecule has 102 valence electrons. The Balaban J connectivity index is 1.94. The van der Waals surface area contributed by atoms with Gasteiger partial charge in [0.2, 0.25) is 0 Å². The van der Waals surface area contributed by atoms with Crippen molar-refractivity contribution in [3.63, 3.8) is 0 Å². The van der Waals surface area contributed by atoms with Gasteiger partial charge in [0.15, 0.2) is 0 Å². The van der Waals surface area contributed by atoms with Crippen LogP contribution in [0.15, 0.2) is 42.0 Å². The van der Waals surface area contributed by atoms with Crippen molar-refractivity contribution in [3.05, 3.63) is 42.0 Å². The van der Waals surface area contributed by atoms with Crippen LogP contribution in [0.5, 0.6) is 5.75 Å². The second-order valence-electron chi connectivity index (χ2n) is 5.28. The van der Waals surface area contributed by atoms with Crippen LogP contribution in [0, 0.1) is 11.8 Å². The van der Waals surface area contributed by atoms with E-state index in [1.54, 1.807) is 0 Å². The molecule has 0 aliphatic heterocycles. The van der Waals surface area contributed by atoms with E-state index in [9.17, 15) is 4.79 Å². The lowest BCUT2D eigenvalue weighted by atomic mass is 9.83. The van der Waals surface area contributed by atoms with Crippen LogP contribution >= 0.6 is 0 Å². The summed E-state index contributed by atoms with van der Waals surface area (Å²) in [5, 5.41) is 0. The number of carbonyl (C=O) groups excluding carboxylic acids is 1. The number of para-hydroxylation sites is 1. The zero-order valence-corrected chi connectivity index (χ0v) is 11.8. The van der Waals surface area contributed by atoms with Crippen molar-refractivity contribution in [3.8, 4) is 5.75 Å². The zero-order chi connectivity index (χ0) is 13.7. The van der Waals surface area contributed by atoms with E-state index < -0.39 is 0 Å². The number of rotatable bonds is 4. The van der Waals surface area contributed by atoms with Gasteiger partial charge in [-0.2, -0.15) is 0 Å². The molecule has 0 saturated heterocycles. The van der Waals surface area contributed by atoms with Crippen molar-refractivity contribution in [1.82, 2.24) is 0 Å². The van der Waals surface area contributed by atoms with Gasteiger partial charge in [0.25, 0.3) is 0 Å². The summed E-state index contributed by atoms with van der Waals surface area (Å²) < 4.78 is 5.40. The molecule has 0 spiro atoms. The van der Waals surface area contributed by atoms with Crippen molar-refractivity contribution < 1.29 is 9.53 Å². The molecule has 1 aliphatic carbocycles. The van der Waals surface area contributed by atoms with Gasteiger partial charge in [-0.1, -0.05) is 43.2 Å². The molecule has 0 fully saturated rings. The summed E-state index contributed by atoms with van der Waals surface area (Å²) in [6, 6.07) is 9.29. The van der Waals surface area contributed by atoms with Crippen molar-refractivity contribution >= 4 is 5.97 Å². The molecule has 1 aliphatic rings. The van der Waals surface area contributed by atoms with Crippen LogP contribution < -0.4 is 4.74 Å². The van der Waals surface area contributed by atoms with E-state index >= 15 is 0 Å². The van der Waals surface area contributed by atoms with E-state index in [2.05, 4.69) is 13.0 Å². The highest BCUT2D eigenvalue weighted by Crippen LogP contribution is 2.30. The molecule has 0 amide bonds. The number of hydrogen-bond acceptors (Lipinski definition) is 2. The minimum atomic E-state index is -0.146. The molecular formula is C17H22O2. The third kappa shape index (κ3) is 3.69. The molecule has 2 atom stereocenters. The predicted octanol–water partition coefficient (Wildman–Crippen LogP) is 4.36. The maximum absolute atomic E-state index is 12.1. The molecule has 0 saturated carbocycles. The number of benzene rings is 1. The van der Waals surface area contributed by atoms with Crippen LogP contribution in [0.2, 0.25) is 0 Å². The summed E-state index contributed by atoms with van der Waals surface area (Å²) in [7, 11) is 0. The van der Waals surface area contributed by atoms with E-state index in [-0.39, 0.29) is 11.9 Å². The Morgan fingerprint density at radius 1 is 1.37 bits per heavy atom. The third-order valence-corrected chi connectivity index (χ3v) is 4.00. The molecule has 0 N–H and O–H groups in total. The second-order valence-corrected chi connectivity index (χ2v) is 5.28. The van der Waals surface area contributed by atoms with Gasteiger partial charge in [0, 0.05) is 0 Å². The molecule has 0 aromatic heterocycles. The fraction of sp³-hybridized carbons (Fsp3) is 0.471. The lowest BCUT2D eigenvalue weighted by Gasteiger charge is -2.23. The smallest absolute Gasteiger partial charge is 0.318 e. The first-order chi connectivity index (χ1) is 9.20. The Morgan fingerprint density at radius 2 is 2.11 bits per heavy atom. The molecule has 1 aromatic carbocycles. The predicted molar refractivity (Wildman–Crippen MR) is 77.0 cm³/mol. The van der Waals surface area contributed by atoms with E-state index in [0.29, 0.717) is 5.75 Å². The first kappa shape index (κ1) is 13.9. The fourth-order valence-corrected chi connectivity index (χ4v) is 2.52. The maximum Gasteiger partial charge on any atom is 0.318 e. The highest BCUT2D eigenvalue weighted by atomic mass is 16.5. The summed E-state index contributed by atoms with van der Waals surface area (Å²) in [6.07, 6.45) is 6.81. The molecule has 0 radical (unpaired) electrons. The molecule has 19 heavy (non-hydrogen) atoms. The standard InChI is InChI=1S/C17H22O2/c1-3-14-9-11-15(12-10-14)13(2)17(18)19-16-7-5-4-6-8-16/h4-8,11,13-14H,3,9-10,12H2,1-2H3. The van der Waals surface area contributed by atoms with Gasteiger partial charge in [-0.15, -0.1) is 0 Å². The Hall–Kier alpha value is -1.57. The van der Waals surface area contributed by atoms with E-state index in [4.69, 9.17) is 4.74 Å². The summed E-state index contributed by atoms with van der Waals surface area (Å²) in [5.74, 6) is 1.15. The summed E-state index contributed by atoms with van der Waals surface area (Å²) in [6.45, 7) is 4.18. The van der Waals surface area contributed by atoms with Crippen LogP contribution in [0.25, 0.3) is 0 Å². The van der Waals surface area contributed by atoms with Gasteiger partial charge in [-0.25, -0.2) is 0 Å². The summed E-state index contributed by atoms with van der Waals surface area (Å²) >= 11 is 0. The van der Waals surface area contributed by atoms with Crippen LogP contribution in [-0.4, -0.2) is 5.97 Å². The van der Waals surface area contributed by atoms with E-state index in [1.807, 2.05) is 37.3 Å². The largest absolute Gasteiger partial charge is 0.426 e. The topological polar surface area (TPSA) is 26.3 Å². The first-order valence-electron chi connectivity index (χ1n) is 7.16. The number of hydrogen-bond donors (Lipinski definition) is 0. The number of carbonyl (C=O) groups is 1. The van der Waals surface area contributed by atoms with Gasteiger partial charge in [-0.05, 0) is 44.2 Å². The minimum Gasteiger partial charge on any atom is -0.426 e. The fourth-order valence-electron chi connectivity index (χ4n) is 2.52. The zero-order valence-electron chi connectivity index (χ0n) is 11.8. The summed E-state index contributed by atoms with van der Waals surface area (Å²) in [5.41, 5.74) is 1.24. The number of allylic oxidation sites excluding steroid dienone is 1. The Morgan fingerprint density at radius 3 is 2.68 bits per heavy atom. The molecule has 2 nitrogen and oxygen atoms in total. The van der Waals surface area contributed by atoms with Gasteiger partial charge in [0.05, 0.1) is 5.92 Å². The molecule has 2 heteroatoms. The maximum atomic E-state index is 12.1. The lowest BCUT2D eigenvalue weighted by molar-refractivity contribution is -0.137. The lowest BCUT2D eigenvalue weighted by Crippen LogP contribution is -2.21. The van der Waals surface area contributed by atoms with E-state index in [0.717, 1.165) is 18.8 Å². The number of ether oxygens (including phenoxy) is 1. The highest BCUT2D eigenvalue weighted by Gasteiger charge is 2.23. The average molecular weight is 258 g/mol. The van der Waals surface area contributed by atoms with Crippen molar-refractivity contribution in [2.45, 2.75) is 39.5 Å². The second kappa shape index (κ2) is 6.55. The third-order valence-electron chi connectivity index (χ3n) is 4.00. The van der Waals surface area contributed by atoms with Gasteiger partial charge in [0.1, 0.15) is 5.75 Å². The van der Waals surface area contributed by atoms with Crippen molar-refractivity contribution in [2.24, 2.45) is 11.8 Å². The minimum absolute atomic E-state index is 0.127. The Kier molecular flexibility index (Phi) is 4.78. The normalized spacial score (nSPS) is 20.5. The first-order valence-corrected chi connectivity index (χ1v) is 7.16. The SMILES string of the molecule is CCC1CC=C(C(C)C(=O)Oc2ccccc2)CC1. The van der Waals surface area contributed by atoms with Crippen molar-refractivity contribution in [1.29, 1.82) is 0 Å². The average Bonchev–Trinajstić information content (AvgIpc) is 2.47. The van der Waals surface area contributed by atoms with Crippen LogP contribution in [0.3, 0.4) is 0 Å². The summed E-state index contributed by atoms with van der Waals surface area (Å²) in [4.78, 5) is 12.1. The Bertz CT molecular complexity index is 448. The van der Waals surface area contributed by atoms with Gasteiger partial charge < -0.3 is 4.74 Å². The molecule has 1 aromatic rings.